The van der Waals surface area contributed by atoms with Gasteiger partial charge < -0.3 is 25.4 Å². The van der Waals surface area contributed by atoms with Gasteiger partial charge >= 0.3 is 6.03 Å². The van der Waals surface area contributed by atoms with Crippen LogP contribution >= 0.6 is 11.6 Å². The van der Waals surface area contributed by atoms with E-state index in [1.807, 2.05) is 7.05 Å². The van der Waals surface area contributed by atoms with Crippen LogP contribution in [0.15, 0.2) is 18.2 Å². The molecule has 1 saturated heterocycles. The van der Waals surface area contributed by atoms with Gasteiger partial charge in [-0.2, -0.15) is 0 Å². The van der Waals surface area contributed by atoms with Crippen LogP contribution in [0.2, 0.25) is 5.02 Å². The van der Waals surface area contributed by atoms with Crippen LogP contribution in [0.5, 0.6) is 0 Å². The standard InChI is InChI=1S/C28H45ClFN3O3/c1-31-23(18-21-10-4-3-5-11-21)19-32-27(34)33-16-9-12-22(20-33)28(35,15-6-7-17-36-2)24-13-8-14-25(29)26(24)30/h8,13-14,21-23,31,35H,3-7,9-12,15-20H2,1-2H3,(H,32,34)/t22-,23?,28+/m1/s1. The van der Waals surface area contributed by atoms with E-state index in [4.69, 9.17) is 16.3 Å². The third-order valence-electron chi connectivity index (χ3n) is 8.21. The normalized spacial score (nSPS) is 21.7. The predicted octanol–water partition coefficient (Wildman–Crippen LogP) is 5.46. The highest BCUT2D eigenvalue weighted by Crippen LogP contribution is 2.42. The largest absolute Gasteiger partial charge is 0.385 e. The molecule has 204 valence electrons. The molecule has 3 N–H and O–H groups in total. The Labute approximate surface area is 221 Å². The third kappa shape index (κ3) is 7.80. The monoisotopic (exact) mass is 525 g/mol. The molecule has 36 heavy (non-hydrogen) atoms. The molecule has 1 unspecified atom stereocenters. The minimum atomic E-state index is -1.41. The van der Waals surface area contributed by atoms with Crippen LogP contribution < -0.4 is 10.6 Å². The number of nitrogens with zero attached hydrogens (tertiary/aromatic N) is 1. The molecular weight excluding hydrogens is 481 g/mol. The second-order valence-corrected chi connectivity index (χ2v) is 11.1. The first-order chi connectivity index (χ1) is 17.4. The quantitative estimate of drug-likeness (QED) is 0.317. The van der Waals surface area contributed by atoms with E-state index in [0.29, 0.717) is 39.1 Å². The fourth-order valence-electron chi connectivity index (χ4n) is 6.04. The van der Waals surface area contributed by atoms with E-state index in [0.717, 1.165) is 31.6 Å². The van der Waals surface area contributed by atoms with E-state index in [2.05, 4.69) is 10.6 Å². The summed E-state index contributed by atoms with van der Waals surface area (Å²) in [7, 11) is 3.61. The van der Waals surface area contributed by atoms with Crippen molar-refractivity contribution in [2.45, 2.75) is 82.3 Å². The van der Waals surface area contributed by atoms with Crippen LogP contribution in [-0.4, -0.2) is 62.5 Å². The van der Waals surface area contributed by atoms with E-state index >= 15 is 4.39 Å². The molecule has 1 aliphatic heterocycles. The molecule has 1 aliphatic carbocycles. The van der Waals surface area contributed by atoms with Gasteiger partial charge in [0.2, 0.25) is 0 Å². The zero-order valence-corrected chi connectivity index (χ0v) is 22.8. The molecule has 0 aromatic heterocycles. The summed E-state index contributed by atoms with van der Waals surface area (Å²) in [6.07, 6.45) is 10.9. The average Bonchev–Trinajstić information content (AvgIpc) is 2.91. The van der Waals surface area contributed by atoms with Gasteiger partial charge in [0.1, 0.15) is 5.82 Å². The first-order valence-corrected chi connectivity index (χ1v) is 14.1. The van der Waals surface area contributed by atoms with Crippen molar-refractivity contribution in [1.82, 2.24) is 15.5 Å². The number of urea groups is 1. The zero-order valence-electron chi connectivity index (χ0n) is 22.0. The van der Waals surface area contributed by atoms with E-state index in [9.17, 15) is 9.90 Å². The topological polar surface area (TPSA) is 73.8 Å². The minimum absolute atomic E-state index is 0.00398. The summed E-state index contributed by atoms with van der Waals surface area (Å²) in [5.74, 6) is -0.127. The van der Waals surface area contributed by atoms with Crippen LogP contribution in [-0.2, 0) is 10.3 Å². The highest BCUT2D eigenvalue weighted by Gasteiger charge is 2.43. The molecule has 3 rings (SSSR count). The van der Waals surface area contributed by atoms with Crippen molar-refractivity contribution in [3.63, 3.8) is 0 Å². The summed E-state index contributed by atoms with van der Waals surface area (Å²) in [6.45, 7) is 2.18. The number of likely N-dealkylation sites (tertiary alicyclic amines) is 1. The molecule has 1 aromatic rings. The highest BCUT2D eigenvalue weighted by atomic mass is 35.5. The minimum Gasteiger partial charge on any atom is -0.385 e. The molecule has 1 aromatic carbocycles. The molecule has 1 heterocycles. The molecule has 1 saturated carbocycles. The first kappa shape index (κ1) is 29.2. The molecule has 8 heteroatoms. The Kier molecular flexibility index (Phi) is 11.7. The number of rotatable bonds is 12. The summed E-state index contributed by atoms with van der Waals surface area (Å²) < 4.78 is 20.3. The number of likely N-dealkylation sites (N-methyl/N-ethyl adjacent to an activating group) is 1. The van der Waals surface area contributed by atoms with Gasteiger partial charge in [-0.1, -0.05) is 55.8 Å². The van der Waals surface area contributed by atoms with E-state index in [-0.39, 0.29) is 28.6 Å². The van der Waals surface area contributed by atoms with Gasteiger partial charge in [0.25, 0.3) is 0 Å². The number of hydrogen-bond acceptors (Lipinski definition) is 4. The Morgan fingerprint density at radius 2 is 2.03 bits per heavy atom. The fourth-order valence-corrected chi connectivity index (χ4v) is 6.21. The lowest BCUT2D eigenvalue weighted by molar-refractivity contribution is -0.0586. The van der Waals surface area contributed by atoms with Gasteiger partial charge in [-0.05, 0) is 57.6 Å². The van der Waals surface area contributed by atoms with Crippen molar-refractivity contribution in [1.29, 1.82) is 0 Å². The van der Waals surface area contributed by atoms with Gasteiger partial charge in [0.05, 0.1) is 10.6 Å². The lowest BCUT2D eigenvalue weighted by Crippen LogP contribution is -2.52. The molecule has 2 aliphatic rings. The molecule has 2 amide bonds. The number of ether oxygens (including phenoxy) is 1. The van der Waals surface area contributed by atoms with Gasteiger partial charge in [-0.3, -0.25) is 0 Å². The Morgan fingerprint density at radius 3 is 2.75 bits per heavy atom. The van der Waals surface area contributed by atoms with Gasteiger partial charge in [-0.15, -0.1) is 0 Å². The summed E-state index contributed by atoms with van der Waals surface area (Å²) in [4.78, 5) is 14.9. The molecule has 0 radical (unpaired) electrons. The van der Waals surface area contributed by atoms with Crippen molar-refractivity contribution in [3.05, 3.63) is 34.6 Å². The van der Waals surface area contributed by atoms with Crippen molar-refractivity contribution in [3.8, 4) is 0 Å². The maximum atomic E-state index is 15.1. The molecule has 2 fully saturated rings. The number of benzene rings is 1. The average molecular weight is 526 g/mol. The number of carbonyl (C=O) groups is 1. The van der Waals surface area contributed by atoms with E-state index < -0.39 is 11.4 Å². The maximum absolute atomic E-state index is 15.1. The molecule has 0 spiro atoms. The fraction of sp³-hybridized carbons (Fsp3) is 0.750. The van der Waals surface area contributed by atoms with Crippen LogP contribution in [0.3, 0.4) is 0 Å². The van der Waals surface area contributed by atoms with Gasteiger partial charge in [-0.25, -0.2) is 9.18 Å². The molecule has 3 atom stereocenters. The smallest absolute Gasteiger partial charge is 0.317 e. The summed E-state index contributed by atoms with van der Waals surface area (Å²) >= 11 is 6.09. The predicted molar refractivity (Wildman–Crippen MR) is 143 cm³/mol. The third-order valence-corrected chi connectivity index (χ3v) is 8.50. The van der Waals surface area contributed by atoms with Crippen LogP contribution in [0.25, 0.3) is 0 Å². The van der Waals surface area contributed by atoms with Gasteiger partial charge in [0.15, 0.2) is 0 Å². The van der Waals surface area contributed by atoms with Crippen molar-refractivity contribution >= 4 is 17.6 Å². The number of piperidine rings is 1. The number of unbranched alkanes of at least 4 members (excludes halogenated alkanes) is 1. The number of amides is 2. The SMILES string of the molecule is CNC(CNC(=O)N1CCC[C@@H]([C@@](O)(CCCCOC)c2cccc(Cl)c2F)C1)CC1CCCCC1. The lowest BCUT2D eigenvalue weighted by atomic mass is 9.74. The van der Waals surface area contributed by atoms with Crippen molar-refractivity contribution < 1.29 is 19.0 Å². The van der Waals surface area contributed by atoms with Crippen LogP contribution in [0, 0.1) is 17.7 Å². The molecular formula is C28H45ClFN3O3. The first-order valence-electron chi connectivity index (χ1n) is 13.7. The molecule has 6 nitrogen and oxygen atoms in total. The Morgan fingerprint density at radius 1 is 1.25 bits per heavy atom. The van der Waals surface area contributed by atoms with Crippen molar-refractivity contribution in [2.75, 3.05) is 40.4 Å². The van der Waals surface area contributed by atoms with Crippen LogP contribution in [0.4, 0.5) is 9.18 Å². The van der Waals surface area contributed by atoms with Gasteiger partial charge in [0, 0.05) is 50.9 Å². The van der Waals surface area contributed by atoms with E-state index in [1.54, 1.807) is 24.1 Å². The summed E-state index contributed by atoms with van der Waals surface area (Å²) in [5, 5.41) is 18.4. The molecule has 0 bridgehead atoms. The highest BCUT2D eigenvalue weighted by molar-refractivity contribution is 6.30. The number of methoxy groups -OCH3 is 1. The Bertz CT molecular complexity index is 823. The van der Waals surface area contributed by atoms with Crippen LogP contribution in [0.1, 0.15) is 76.2 Å². The number of hydrogen-bond donors (Lipinski definition) is 3. The van der Waals surface area contributed by atoms with Crippen molar-refractivity contribution in [2.24, 2.45) is 11.8 Å². The Hall–Kier alpha value is -1.41. The van der Waals surface area contributed by atoms with E-state index in [1.165, 1.54) is 38.2 Å². The second kappa shape index (κ2) is 14.5. The zero-order chi connectivity index (χ0) is 26.0. The lowest BCUT2D eigenvalue weighted by Gasteiger charge is -2.43. The number of carbonyl (C=O) groups excluding carboxylic acids is 1. The summed E-state index contributed by atoms with van der Waals surface area (Å²) in [5.41, 5.74) is -1.18. The number of nitrogens with one attached hydrogen (secondary N) is 2. The maximum Gasteiger partial charge on any atom is 0.317 e. The Balaban J connectivity index is 1.65. The number of aliphatic hydroxyl groups is 1. The number of halogens is 2. The second-order valence-electron chi connectivity index (χ2n) is 10.7. The summed E-state index contributed by atoms with van der Waals surface area (Å²) in [6, 6.07) is 4.93.